The molecule has 0 N–H and O–H groups in total. The Labute approximate surface area is 95.1 Å². The maximum Gasteiger partial charge on any atom is 0.254 e. The Morgan fingerprint density at radius 1 is 1.44 bits per heavy atom. The van der Waals surface area contributed by atoms with Crippen LogP contribution in [0.1, 0.15) is 40.1 Å². The Bertz CT molecular complexity index is 438. The summed E-state index contributed by atoms with van der Waals surface area (Å²) < 4.78 is 0. The first-order valence-corrected chi connectivity index (χ1v) is 5.49. The summed E-state index contributed by atoms with van der Waals surface area (Å²) in [5, 5.41) is 0. The SMILES string of the molecule is CC(C)CN1Cc2ccc(C=O)cc2C1=O. The minimum absolute atomic E-state index is 0.0485. The van der Waals surface area contributed by atoms with Gasteiger partial charge in [-0.1, -0.05) is 26.0 Å². The Kier molecular flexibility index (Phi) is 2.77. The number of hydrogen-bond donors (Lipinski definition) is 0. The Balaban J connectivity index is 2.28. The van der Waals surface area contributed by atoms with Crippen molar-refractivity contribution in [3.63, 3.8) is 0 Å². The average molecular weight is 217 g/mol. The van der Waals surface area contributed by atoms with Crippen LogP contribution < -0.4 is 0 Å². The first-order chi connectivity index (χ1) is 7.61. The van der Waals surface area contributed by atoms with E-state index in [9.17, 15) is 9.59 Å². The van der Waals surface area contributed by atoms with Crippen LogP contribution in [0.25, 0.3) is 0 Å². The van der Waals surface area contributed by atoms with Gasteiger partial charge in [0.2, 0.25) is 0 Å². The van der Waals surface area contributed by atoms with Crippen molar-refractivity contribution in [3.8, 4) is 0 Å². The molecule has 0 bridgehead atoms. The highest BCUT2D eigenvalue weighted by Crippen LogP contribution is 2.24. The summed E-state index contributed by atoms with van der Waals surface area (Å²) in [4.78, 5) is 24.5. The quantitative estimate of drug-likeness (QED) is 0.727. The number of amides is 1. The molecule has 84 valence electrons. The fourth-order valence-electron chi connectivity index (χ4n) is 2.04. The number of benzene rings is 1. The molecule has 1 aromatic rings. The van der Waals surface area contributed by atoms with E-state index in [1.807, 2.05) is 11.0 Å². The molecule has 3 nitrogen and oxygen atoms in total. The van der Waals surface area contributed by atoms with Gasteiger partial charge in [-0.3, -0.25) is 9.59 Å². The van der Waals surface area contributed by atoms with E-state index in [0.29, 0.717) is 23.6 Å². The van der Waals surface area contributed by atoms with Gasteiger partial charge in [0.25, 0.3) is 5.91 Å². The van der Waals surface area contributed by atoms with Crippen LogP contribution in [0.3, 0.4) is 0 Å². The maximum atomic E-state index is 12.0. The highest BCUT2D eigenvalue weighted by atomic mass is 16.2. The zero-order valence-electron chi connectivity index (χ0n) is 9.56. The number of nitrogens with zero attached hydrogens (tertiary/aromatic N) is 1. The molecule has 1 aliphatic heterocycles. The van der Waals surface area contributed by atoms with Crippen molar-refractivity contribution in [2.45, 2.75) is 20.4 Å². The largest absolute Gasteiger partial charge is 0.334 e. The summed E-state index contributed by atoms with van der Waals surface area (Å²) in [6.07, 6.45) is 0.776. The third kappa shape index (κ3) is 1.85. The van der Waals surface area contributed by atoms with Gasteiger partial charge in [0.1, 0.15) is 6.29 Å². The van der Waals surface area contributed by atoms with Crippen LogP contribution in [-0.4, -0.2) is 23.6 Å². The van der Waals surface area contributed by atoms with Crippen molar-refractivity contribution in [1.82, 2.24) is 4.90 Å². The zero-order valence-corrected chi connectivity index (χ0v) is 9.56. The average Bonchev–Trinajstić information content (AvgIpc) is 2.55. The first kappa shape index (κ1) is 10.9. The van der Waals surface area contributed by atoms with Gasteiger partial charge >= 0.3 is 0 Å². The smallest absolute Gasteiger partial charge is 0.254 e. The molecule has 0 aromatic heterocycles. The number of rotatable bonds is 3. The van der Waals surface area contributed by atoms with Crippen molar-refractivity contribution in [3.05, 3.63) is 34.9 Å². The molecule has 0 saturated heterocycles. The van der Waals surface area contributed by atoms with E-state index in [2.05, 4.69) is 13.8 Å². The summed E-state index contributed by atoms with van der Waals surface area (Å²) in [5.41, 5.74) is 2.28. The molecule has 16 heavy (non-hydrogen) atoms. The lowest BCUT2D eigenvalue weighted by molar-refractivity contribution is 0.0760. The third-order valence-corrected chi connectivity index (χ3v) is 2.73. The topological polar surface area (TPSA) is 37.4 Å². The normalized spacial score (nSPS) is 14.4. The molecule has 1 amide bonds. The lowest BCUT2D eigenvalue weighted by atomic mass is 10.1. The van der Waals surface area contributed by atoms with Crippen LogP contribution in [0.4, 0.5) is 0 Å². The van der Waals surface area contributed by atoms with Crippen LogP contribution in [-0.2, 0) is 6.54 Å². The van der Waals surface area contributed by atoms with E-state index in [-0.39, 0.29) is 5.91 Å². The number of hydrogen-bond acceptors (Lipinski definition) is 2. The summed E-state index contributed by atoms with van der Waals surface area (Å²) in [5.74, 6) is 0.510. The van der Waals surface area contributed by atoms with E-state index in [4.69, 9.17) is 0 Å². The van der Waals surface area contributed by atoms with E-state index in [0.717, 1.165) is 18.4 Å². The molecule has 0 saturated carbocycles. The molecule has 0 aliphatic carbocycles. The molecular formula is C13H15NO2. The molecule has 3 heteroatoms. The molecule has 0 spiro atoms. The van der Waals surface area contributed by atoms with Crippen LogP contribution >= 0.6 is 0 Å². The molecule has 1 aromatic carbocycles. The monoisotopic (exact) mass is 217 g/mol. The summed E-state index contributed by atoms with van der Waals surface area (Å²) in [6, 6.07) is 5.32. The first-order valence-electron chi connectivity index (χ1n) is 5.49. The highest BCUT2D eigenvalue weighted by Gasteiger charge is 2.27. The van der Waals surface area contributed by atoms with Crippen molar-refractivity contribution in [2.24, 2.45) is 5.92 Å². The van der Waals surface area contributed by atoms with Crippen LogP contribution in [0.15, 0.2) is 18.2 Å². The fourth-order valence-corrected chi connectivity index (χ4v) is 2.04. The number of carbonyl (C=O) groups is 2. The van der Waals surface area contributed by atoms with Gasteiger partial charge in [-0.15, -0.1) is 0 Å². The van der Waals surface area contributed by atoms with Crippen LogP contribution in [0.2, 0.25) is 0 Å². The van der Waals surface area contributed by atoms with E-state index in [1.54, 1.807) is 12.1 Å². The zero-order chi connectivity index (χ0) is 11.7. The minimum atomic E-state index is 0.0485. The molecule has 0 fully saturated rings. The molecule has 1 aliphatic rings. The van der Waals surface area contributed by atoms with Crippen molar-refractivity contribution >= 4 is 12.2 Å². The number of carbonyl (C=O) groups excluding carboxylic acids is 2. The van der Waals surface area contributed by atoms with Gasteiger partial charge in [0, 0.05) is 24.2 Å². The van der Waals surface area contributed by atoms with Crippen LogP contribution in [0.5, 0.6) is 0 Å². The summed E-state index contributed by atoms with van der Waals surface area (Å²) >= 11 is 0. The van der Waals surface area contributed by atoms with Crippen molar-refractivity contribution in [2.75, 3.05) is 6.54 Å². The predicted molar refractivity (Wildman–Crippen MR) is 61.4 cm³/mol. The van der Waals surface area contributed by atoms with Gasteiger partial charge in [0.05, 0.1) is 0 Å². The Hall–Kier alpha value is -1.64. The Morgan fingerprint density at radius 2 is 2.19 bits per heavy atom. The van der Waals surface area contributed by atoms with E-state index < -0.39 is 0 Å². The lowest BCUT2D eigenvalue weighted by Crippen LogP contribution is -2.27. The van der Waals surface area contributed by atoms with Gasteiger partial charge in [-0.25, -0.2) is 0 Å². The maximum absolute atomic E-state index is 12.0. The molecule has 0 radical (unpaired) electrons. The third-order valence-electron chi connectivity index (χ3n) is 2.73. The molecular weight excluding hydrogens is 202 g/mol. The lowest BCUT2D eigenvalue weighted by Gasteiger charge is -2.17. The second-order valence-corrected chi connectivity index (χ2v) is 4.61. The van der Waals surface area contributed by atoms with E-state index in [1.165, 1.54) is 0 Å². The molecule has 0 unspecified atom stereocenters. The minimum Gasteiger partial charge on any atom is -0.334 e. The molecule has 2 rings (SSSR count). The fraction of sp³-hybridized carbons (Fsp3) is 0.385. The number of fused-ring (bicyclic) bond motifs is 1. The van der Waals surface area contributed by atoms with Crippen molar-refractivity contribution in [1.29, 1.82) is 0 Å². The van der Waals surface area contributed by atoms with E-state index >= 15 is 0 Å². The molecule has 1 heterocycles. The second-order valence-electron chi connectivity index (χ2n) is 4.61. The summed E-state index contributed by atoms with van der Waals surface area (Å²) in [6.45, 7) is 5.62. The molecule has 0 atom stereocenters. The standard InChI is InChI=1S/C13H15NO2/c1-9(2)6-14-7-11-4-3-10(8-15)5-12(11)13(14)16/h3-5,8-9H,6-7H2,1-2H3. The number of aldehydes is 1. The second kappa shape index (κ2) is 4.08. The van der Waals surface area contributed by atoms with Gasteiger partial charge in [0.15, 0.2) is 0 Å². The Morgan fingerprint density at radius 3 is 2.81 bits per heavy atom. The van der Waals surface area contributed by atoms with Gasteiger partial charge < -0.3 is 4.90 Å². The summed E-state index contributed by atoms with van der Waals surface area (Å²) in [7, 11) is 0. The van der Waals surface area contributed by atoms with Crippen molar-refractivity contribution < 1.29 is 9.59 Å². The predicted octanol–water partition coefficient (Wildman–Crippen LogP) is 2.11. The van der Waals surface area contributed by atoms with Gasteiger partial charge in [-0.05, 0) is 17.5 Å². The van der Waals surface area contributed by atoms with Crippen LogP contribution in [0, 0.1) is 5.92 Å². The van der Waals surface area contributed by atoms with Gasteiger partial charge in [-0.2, -0.15) is 0 Å². The highest BCUT2D eigenvalue weighted by molar-refractivity contribution is 5.99.